The summed E-state index contributed by atoms with van der Waals surface area (Å²) in [6.07, 6.45) is 0.356. The molecule has 0 aliphatic carbocycles. The van der Waals surface area contributed by atoms with Gasteiger partial charge in [0.1, 0.15) is 5.60 Å². The minimum Gasteiger partial charge on any atom is -0.444 e. The molecule has 0 aromatic carbocycles. The quantitative estimate of drug-likeness (QED) is 0.718. The molecule has 6 heteroatoms. The van der Waals surface area contributed by atoms with Crippen LogP contribution < -0.4 is 11.5 Å². The molecule has 1 rings (SSSR count). The van der Waals surface area contributed by atoms with Crippen LogP contribution in [0.1, 0.15) is 40.5 Å². The van der Waals surface area contributed by atoms with E-state index >= 15 is 0 Å². The van der Waals surface area contributed by atoms with E-state index in [-0.39, 0.29) is 12.1 Å². The van der Waals surface area contributed by atoms with Crippen molar-refractivity contribution in [2.75, 3.05) is 6.54 Å². The van der Waals surface area contributed by atoms with E-state index in [2.05, 4.69) is 0 Å². The van der Waals surface area contributed by atoms with Crippen molar-refractivity contribution < 1.29 is 14.3 Å². The molecule has 0 spiro atoms. The van der Waals surface area contributed by atoms with Gasteiger partial charge in [0.2, 0.25) is 5.91 Å². The maximum atomic E-state index is 12.0. The Morgan fingerprint density at radius 1 is 1.39 bits per heavy atom. The minimum atomic E-state index is -1.02. The molecule has 0 saturated carbocycles. The van der Waals surface area contributed by atoms with E-state index in [1.54, 1.807) is 4.90 Å². The van der Waals surface area contributed by atoms with E-state index in [9.17, 15) is 9.59 Å². The third-order valence-corrected chi connectivity index (χ3v) is 3.11. The number of piperidine rings is 1. The second-order valence-electron chi connectivity index (χ2n) is 6.00. The molecule has 1 aliphatic heterocycles. The standard InChI is InChI=1S/C12H23N3O3/c1-8-7-12(14,9(13)16)5-6-15(8)10(17)18-11(2,3)4/h8H,5-7,14H2,1-4H3,(H2,13,16)/t8-,12+/m0/s1. The molecule has 0 bridgehead atoms. The number of hydrogen-bond donors (Lipinski definition) is 2. The van der Waals surface area contributed by atoms with Gasteiger partial charge in [-0.15, -0.1) is 0 Å². The molecule has 1 saturated heterocycles. The summed E-state index contributed by atoms with van der Waals surface area (Å²) in [4.78, 5) is 24.8. The van der Waals surface area contributed by atoms with Crippen LogP contribution in [0.15, 0.2) is 0 Å². The number of nitrogens with two attached hydrogens (primary N) is 2. The van der Waals surface area contributed by atoms with E-state index in [0.717, 1.165) is 0 Å². The van der Waals surface area contributed by atoms with Gasteiger partial charge in [-0.3, -0.25) is 4.79 Å². The minimum absolute atomic E-state index is 0.161. The van der Waals surface area contributed by atoms with Gasteiger partial charge in [-0.25, -0.2) is 4.79 Å². The summed E-state index contributed by atoms with van der Waals surface area (Å²) < 4.78 is 5.31. The lowest BCUT2D eigenvalue weighted by molar-refractivity contribution is -0.125. The molecular weight excluding hydrogens is 234 g/mol. The highest BCUT2D eigenvalue weighted by atomic mass is 16.6. The van der Waals surface area contributed by atoms with Crippen molar-refractivity contribution in [3.63, 3.8) is 0 Å². The topological polar surface area (TPSA) is 98.6 Å². The maximum Gasteiger partial charge on any atom is 0.410 e. The van der Waals surface area contributed by atoms with Crippen molar-refractivity contribution in [3.8, 4) is 0 Å². The largest absolute Gasteiger partial charge is 0.444 e. The van der Waals surface area contributed by atoms with Crippen LogP contribution in [0.25, 0.3) is 0 Å². The molecule has 2 atom stereocenters. The van der Waals surface area contributed by atoms with Crippen LogP contribution in [0.5, 0.6) is 0 Å². The van der Waals surface area contributed by atoms with Crippen LogP contribution in [-0.2, 0) is 9.53 Å². The molecule has 0 unspecified atom stereocenters. The van der Waals surface area contributed by atoms with Gasteiger partial charge >= 0.3 is 6.09 Å². The number of ether oxygens (including phenoxy) is 1. The van der Waals surface area contributed by atoms with Crippen LogP contribution in [0, 0.1) is 0 Å². The lowest BCUT2D eigenvalue weighted by Gasteiger charge is -2.41. The van der Waals surface area contributed by atoms with Crippen LogP contribution in [0.2, 0.25) is 0 Å². The molecule has 1 aliphatic rings. The zero-order valence-electron chi connectivity index (χ0n) is 11.5. The van der Waals surface area contributed by atoms with Crippen molar-refractivity contribution in [2.24, 2.45) is 11.5 Å². The van der Waals surface area contributed by atoms with Crippen molar-refractivity contribution in [1.82, 2.24) is 4.90 Å². The number of carbonyl (C=O) groups excluding carboxylic acids is 2. The highest BCUT2D eigenvalue weighted by Gasteiger charge is 2.42. The Morgan fingerprint density at radius 2 is 1.94 bits per heavy atom. The number of rotatable bonds is 1. The highest BCUT2D eigenvalue weighted by molar-refractivity contribution is 5.85. The summed E-state index contributed by atoms with van der Waals surface area (Å²) in [5.41, 5.74) is 9.67. The van der Waals surface area contributed by atoms with E-state index in [1.807, 2.05) is 27.7 Å². The lowest BCUT2D eigenvalue weighted by atomic mass is 9.84. The molecule has 104 valence electrons. The number of carbonyl (C=O) groups is 2. The molecule has 2 amide bonds. The number of amides is 2. The number of nitrogens with zero attached hydrogens (tertiary/aromatic N) is 1. The second kappa shape index (κ2) is 4.76. The third-order valence-electron chi connectivity index (χ3n) is 3.11. The van der Waals surface area contributed by atoms with Crippen molar-refractivity contribution in [3.05, 3.63) is 0 Å². The Hall–Kier alpha value is -1.30. The maximum absolute atomic E-state index is 12.0. The van der Waals surface area contributed by atoms with Gasteiger partial charge in [-0.05, 0) is 40.5 Å². The van der Waals surface area contributed by atoms with Crippen molar-refractivity contribution in [1.29, 1.82) is 0 Å². The van der Waals surface area contributed by atoms with Gasteiger partial charge in [-0.1, -0.05) is 0 Å². The summed E-state index contributed by atoms with van der Waals surface area (Å²) in [6.45, 7) is 7.67. The lowest BCUT2D eigenvalue weighted by Crippen LogP contribution is -2.61. The zero-order chi connectivity index (χ0) is 14.1. The van der Waals surface area contributed by atoms with Gasteiger partial charge < -0.3 is 21.1 Å². The zero-order valence-corrected chi connectivity index (χ0v) is 11.5. The van der Waals surface area contributed by atoms with Crippen molar-refractivity contribution >= 4 is 12.0 Å². The van der Waals surface area contributed by atoms with Crippen molar-refractivity contribution in [2.45, 2.75) is 57.7 Å². The summed E-state index contributed by atoms with van der Waals surface area (Å²) in [7, 11) is 0. The Labute approximate surface area is 108 Å². The SMILES string of the molecule is C[C@H]1C[C@@](N)(C(N)=O)CCN1C(=O)OC(C)(C)C. The molecule has 1 heterocycles. The molecule has 0 radical (unpaired) electrons. The van der Waals surface area contributed by atoms with E-state index < -0.39 is 17.0 Å². The van der Waals surface area contributed by atoms with Crippen LogP contribution >= 0.6 is 0 Å². The molecule has 18 heavy (non-hydrogen) atoms. The predicted octanol–water partition coefficient (Wildman–Crippen LogP) is 0.589. The van der Waals surface area contributed by atoms with Gasteiger partial charge in [0.15, 0.2) is 0 Å². The Kier molecular flexibility index (Phi) is 3.90. The van der Waals surface area contributed by atoms with E-state index in [4.69, 9.17) is 16.2 Å². The monoisotopic (exact) mass is 257 g/mol. The fourth-order valence-electron chi connectivity index (χ4n) is 2.10. The third kappa shape index (κ3) is 3.35. The van der Waals surface area contributed by atoms with Crippen LogP contribution in [0.4, 0.5) is 4.79 Å². The summed E-state index contributed by atoms with van der Waals surface area (Å²) >= 11 is 0. The normalized spacial score (nSPS) is 28.9. The summed E-state index contributed by atoms with van der Waals surface area (Å²) in [6, 6.07) is -0.161. The molecule has 1 fully saturated rings. The van der Waals surface area contributed by atoms with Gasteiger partial charge in [0.05, 0.1) is 5.54 Å². The second-order valence-corrected chi connectivity index (χ2v) is 6.00. The van der Waals surface area contributed by atoms with E-state index in [0.29, 0.717) is 19.4 Å². The number of primary amides is 1. The smallest absolute Gasteiger partial charge is 0.410 e. The summed E-state index contributed by atoms with van der Waals surface area (Å²) in [5, 5.41) is 0. The van der Waals surface area contributed by atoms with Crippen LogP contribution in [-0.4, -0.2) is 40.6 Å². The molecule has 6 nitrogen and oxygen atoms in total. The first-order chi connectivity index (χ1) is 8.05. The van der Waals surface area contributed by atoms with Gasteiger partial charge in [-0.2, -0.15) is 0 Å². The highest BCUT2D eigenvalue weighted by Crippen LogP contribution is 2.26. The predicted molar refractivity (Wildman–Crippen MR) is 67.7 cm³/mol. The van der Waals surface area contributed by atoms with E-state index in [1.165, 1.54) is 0 Å². The van der Waals surface area contributed by atoms with Gasteiger partial charge in [0.25, 0.3) is 0 Å². The first kappa shape index (κ1) is 14.8. The molecule has 4 N–H and O–H groups in total. The fourth-order valence-corrected chi connectivity index (χ4v) is 2.10. The first-order valence-corrected chi connectivity index (χ1v) is 6.13. The molecular formula is C12H23N3O3. The molecule has 0 aromatic heterocycles. The first-order valence-electron chi connectivity index (χ1n) is 6.13. The average molecular weight is 257 g/mol. The van der Waals surface area contributed by atoms with Gasteiger partial charge in [0, 0.05) is 12.6 Å². The summed E-state index contributed by atoms with van der Waals surface area (Å²) in [5.74, 6) is -0.516. The Morgan fingerprint density at radius 3 is 2.33 bits per heavy atom. The number of likely N-dealkylation sites (tertiary alicyclic amines) is 1. The Balaban J connectivity index is 2.68. The molecule has 0 aromatic rings. The van der Waals surface area contributed by atoms with Crippen LogP contribution in [0.3, 0.4) is 0 Å². The Bertz CT molecular complexity index is 351. The average Bonchev–Trinajstić information content (AvgIpc) is 2.13. The number of hydrogen-bond acceptors (Lipinski definition) is 4. The fraction of sp³-hybridized carbons (Fsp3) is 0.833.